The zero-order valence-corrected chi connectivity index (χ0v) is 4.88. The summed E-state index contributed by atoms with van der Waals surface area (Å²) in [5.74, 6) is 0. The fourth-order valence-corrected chi connectivity index (χ4v) is 0.484. The number of carbonyl (C=O) groups is 1. The van der Waals surface area contributed by atoms with Crippen LogP contribution in [0.1, 0.15) is 13.8 Å². The molecule has 3 nitrogen and oxygen atoms in total. The SMILES string of the molecule is CC1(C)OC1OC=O. The molecule has 0 aromatic carbocycles. The summed E-state index contributed by atoms with van der Waals surface area (Å²) in [5, 5.41) is 0. The molecule has 0 N–H and O–H groups in total. The minimum Gasteiger partial charge on any atom is -0.435 e. The first-order valence-corrected chi connectivity index (χ1v) is 2.44. The second-order valence-corrected chi connectivity index (χ2v) is 2.29. The molecule has 46 valence electrons. The van der Waals surface area contributed by atoms with Crippen LogP contribution in [0.15, 0.2) is 0 Å². The molecule has 0 aliphatic carbocycles. The molecule has 0 radical (unpaired) electrons. The number of hydrogen-bond acceptors (Lipinski definition) is 3. The van der Waals surface area contributed by atoms with Crippen LogP contribution in [-0.2, 0) is 14.3 Å². The highest BCUT2D eigenvalue weighted by Gasteiger charge is 2.50. The zero-order chi connectivity index (χ0) is 6.20. The Morgan fingerprint density at radius 3 is 2.38 bits per heavy atom. The summed E-state index contributed by atoms with van der Waals surface area (Å²) in [6.07, 6.45) is -0.306. The molecule has 0 saturated carbocycles. The molecular weight excluding hydrogens is 108 g/mol. The van der Waals surface area contributed by atoms with E-state index in [-0.39, 0.29) is 11.9 Å². The van der Waals surface area contributed by atoms with Crippen LogP contribution >= 0.6 is 0 Å². The van der Waals surface area contributed by atoms with E-state index in [2.05, 4.69) is 4.74 Å². The van der Waals surface area contributed by atoms with Crippen molar-refractivity contribution in [2.75, 3.05) is 0 Å². The van der Waals surface area contributed by atoms with Gasteiger partial charge in [-0.2, -0.15) is 0 Å². The molecular formula is C5H8O3. The lowest BCUT2D eigenvalue weighted by atomic mass is 10.2. The van der Waals surface area contributed by atoms with Gasteiger partial charge in [-0.3, -0.25) is 4.79 Å². The van der Waals surface area contributed by atoms with Gasteiger partial charge in [-0.1, -0.05) is 0 Å². The van der Waals surface area contributed by atoms with Crippen LogP contribution in [0.5, 0.6) is 0 Å². The first kappa shape index (κ1) is 5.56. The lowest BCUT2D eigenvalue weighted by Crippen LogP contribution is -2.05. The van der Waals surface area contributed by atoms with Crippen LogP contribution in [0.4, 0.5) is 0 Å². The maximum atomic E-state index is 9.64. The molecule has 1 unspecified atom stereocenters. The Morgan fingerprint density at radius 1 is 1.75 bits per heavy atom. The van der Waals surface area contributed by atoms with Crippen LogP contribution in [0, 0.1) is 0 Å². The zero-order valence-electron chi connectivity index (χ0n) is 4.88. The Kier molecular flexibility index (Phi) is 1.01. The minimum atomic E-state index is -0.306. The monoisotopic (exact) mass is 116 g/mol. The van der Waals surface area contributed by atoms with E-state index in [4.69, 9.17) is 4.74 Å². The first-order chi connectivity index (χ1) is 3.67. The number of rotatable bonds is 2. The fraction of sp³-hybridized carbons (Fsp3) is 0.800. The predicted octanol–water partition coefficient (Wildman–Crippen LogP) is 0.294. The summed E-state index contributed by atoms with van der Waals surface area (Å²) in [6.45, 7) is 4.13. The van der Waals surface area contributed by atoms with Gasteiger partial charge in [-0.15, -0.1) is 0 Å². The normalized spacial score (nSPS) is 31.5. The van der Waals surface area contributed by atoms with Crippen molar-refractivity contribution in [3.05, 3.63) is 0 Å². The van der Waals surface area contributed by atoms with Gasteiger partial charge in [0, 0.05) is 0 Å². The third-order valence-electron chi connectivity index (χ3n) is 1.10. The van der Waals surface area contributed by atoms with E-state index in [9.17, 15) is 4.79 Å². The van der Waals surface area contributed by atoms with E-state index in [0.717, 1.165) is 0 Å². The number of hydrogen-bond donors (Lipinski definition) is 0. The average molecular weight is 116 g/mol. The van der Waals surface area contributed by atoms with E-state index in [1.807, 2.05) is 13.8 Å². The molecule has 0 aromatic heterocycles. The summed E-state index contributed by atoms with van der Waals surface area (Å²) in [4.78, 5) is 9.64. The Hall–Kier alpha value is -0.570. The molecule has 1 aliphatic rings. The standard InChI is InChI=1S/C5H8O3/c1-5(2)4(8-5)7-3-6/h3-4H,1-2H3. The molecule has 0 spiro atoms. The van der Waals surface area contributed by atoms with Gasteiger partial charge in [0.2, 0.25) is 6.29 Å². The smallest absolute Gasteiger partial charge is 0.295 e. The second-order valence-electron chi connectivity index (χ2n) is 2.29. The van der Waals surface area contributed by atoms with Crippen molar-refractivity contribution in [2.24, 2.45) is 0 Å². The molecule has 1 heterocycles. The molecule has 3 heteroatoms. The predicted molar refractivity (Wildman–Crippen MR) is 26.1 cm³/mol. The van der Waals surface area contributed by atoms with Gasteiger partial charge in [0.25, 0.3) is 6.47 Å². The highest BCUT2D eigenvalue weighted by molar-refractivity contribution is 5.38. The van der Waals surface area contributed by atoms with Gasteiger partial charge in [0.15, 0.2) is 0 Å². The number of epoxide rings is 1. The van der Waals surface area contributed by atoms with Crippen LogP contribution in [0.2, 0.25) is 0 Å². The molecule has 1 aliphatic heterocycles. The first-order valence-electron chi connectivity index (χ1n) is 2.44. The van der Waals surface area contributed by atoms with Crippen molar-refractivity contribution in [1.29, 1.82) is 0 Å². The lowest BCUT2D eigenvalue weighted by Gasteiger charge is -1.89. The highest BCUT2D eigenvalue weighted by Crippen LogP contribution is 2.35. The highest BCUT2D eigenvalue weighted by atomic mass is 16.8. The van der Waals surface area contributed by atoms with Gasteiger partial charge in [0.1, 0.15) is 5.60 Å². The Labute approximate surface area is 47.6 Å². The lowest BCUT2D eigenvalue weighted by molar-refractivity contribution is -0.133. The topological polar surface area (TPSA) is 38.8 Å². The van der Waals surface area contributed by atoms with Crippen molar-refractivity contribution in [2.45, 2.75) is 25.7 Å². The minimum absolute atomic E-state index is 0.235. The quantitative estimate of drug-likeness (QED) is 0.384. The van der Waals surface area contributed by atoms with E-state index in [1.54, 1.807) is 0 Å². The maximum Gasteiger partial charge on any atom is 0.295 e. The van der Waals surface area contributed by atoms with Crippen molar-refractivity contribution < 1.29 is 14.3 Å². The molecule has 1 saturated heterocycles. The molecule has 0 aromatic rings. The largest absolute Gasteiger partial charge is 0.435 e. The van der Waals surface area contributed by atoms with Crippen molar-refractivity contribution in [1.82, 2.24) is 0 Å². The van der Waals surface area contributed by atoms with Crippen molar-refractivity contribution in [3.63, 3.8) is 0 Å². The van der Waals surface area contributed by atoms with Gasteiger partial charge >= 0.3 is 0 Å². The van der Waals surface area contributed by atoms with E-state index >= 15 is 0 Å². The summed E-state index contributed by atoms with van der Waals surface area (Å²) in [5.41, 5.74) is -0.235. The Morgan fingerprint density at radius 2 is 2.25 bits per heavy atom. The molecule has 1 rings (SSSR count). The summed E-state index contributed by atoms with van der Waals surface area (Å²) in [7, 11) is 0. The van der Waals surface area contributed by atoms with Crippen LogP contribution in [0.3, 0.4) is 0 Å². The van der Waals surface area contributed by atoms with Crippen molar-refractivity contribution in [3.8, 4) is 0 Å². The third-order valence-corrected chi connectivity index (χ3v) is 1.10. The molecule has 1 atom stereocenters. The average Bonchev–Trinajstić information content (AvgIpc) is 2.15. The molecule has 0 bridgehead atoms. The third kappa shape index (κ3) is 0.816. The molecule has 0 amide bonds. The van der Waals surface area contributed by atoms with Gasteiger partial charge in [-0.25, -0.2) is 0 Å². The van der Waals surface area contributed by atoms with Crippen LogP contribution < -0.4 is 0 Å². The van der Waals surface area contributed by atoms with Gasteiger partial charge in [-0.05, 0) is 13.8 Å². The summed E-state index contributed by atoms with van der Waals surface area (Å²) >= 11 is 0. The van der Waals surface area contributed by atoms with Gasteiger partial charge < -0.3 is 9.47 Å². The number of ether oxygens (including phenoxy) is 2. The van der Waals surface area contributed by atoms with Crippen LogP contribution in [0.25, 0.3) is 0 Å². The second kappa shape index (κ2) is 1.45. The van der Waals surface area contributed by atoms with Crippen molar-refractivity contribution >= 4 is 6.47 Å². The van der Waals surface area contributed by atoms with E-state index in [1.165, 1.54) is 0 Å². The summed E-state index contributed by atoms with van der Waals surface area (Å²) in [6, 6.07) is 0. The Bertz CT molecular complexity index is 108. The molecule has 8 heavy (non-hydrogen) atoms. The maximum absolute atomic E-state index is 9.64. The summed E-state index contributed by atoms with van der Waals surface area (Å²) < 4.78 is 9.36. The number of carbonyl (C=O) groups excluding carboxylic acids is 1. The van der Waals surface area contributed by atoms with Crippen LogP contribution in [-0.4, -0.2) is 18.4 Å². The Balaban J connectivity index is 2.26. The van der Waals surface area contributed by atoms with E-state index in [0.29, 0.717) is 6.47 Å². The molecule has 1 fully saturated rings. The fourth-order valence-electron chi connectivity index (χ4n) is 0.484. The van der Waals surface area contributed by atoms with Gasteiger partial charge in [0.05, 0.1) is 0 Å². The van der Waals surface area contributed by atoms with E-state index < -0.39 is 0 Å².